The van der Waals surface area contributed by atoms with Crippen molar-refractivity contribution in [2.24, 2.45) is 0 Å². The number of aromatic nitrogens is 3. The third kappa shape index (κ3) is 5.75. The van der Waals surface area contributed by atoms with Crippen molar-refractivity contribution < 1.29 is 0 Å². The van der Waals surface area contributed by atoms with Crippen LogP contribution in [0.25, 0.3) is 87.7 Å². The number of nitrogens with zero attached hydrogens (tertiary/aromatic N) is 3. The van der Waals surface area contributed by atoms with Gasteiger partial charge in [-0.1, -0.05) is 145 Å². The normalized spacial score (nSPS) is 11.3. The lowest BCUT2D eigenvalue weighted by Crippen LogP contribution is -2.00. The summed E-state index contributed by atoms with van der Waals surface area (Å²) in [5.74, 6) is 1.94. The fourth-order valence-corrected chi connectivity index (χ4v) is 7.74. The maximum atomic E-state index is 6.12. The fourth-order valence-electron chi connectivity index (χ4n) is 6.50. The maximum absolute atomic E-state index is 6.12. The van der Waals surface area contributed by atoms with Crippen LogP contribution in [-0.2, 0) is 0 Å². The lowest BCUT2D eigenvalue weighted by atomic mass is 9.98. The molecule has 0 aliphatic carbocycles. The van der Waals surface area contributed by atoms with Gasteiger partial charge in [-0.3, -0.25) is 0 Å². The first-order chi connectivity index (χ1) is 24.7. The zero-order valence-corrected chi connectivity index (χ0v) is 28.4. The van der Waals surface area contributed by atoms with Crippen molar-refractivity contribution in [2.75, 3.05) is 0 Å². The molecule has 0 aliphatic heterocycles. The number of fused-ring (bicyclic) bond motifs is 3. The molecule has 9 rings (SSSR count). The molecule has 0 amide bonds. The van der Waals surface area contributed by atoms with Crippen LogP contribution < -0.4 is 0 Å². The number of hydrogen-bond acceptors (Lipinski definition) is 4. The highest BCUT2D eigenvalue weighted by molar-refractivity contribution is 7.26. The molecule has 50 heavy (non-hydrogen) atoms. The van der Waals surface area contributed by atoms with E-state index in [0.717, 1.165) is 60.5 Å². The van der Waals surface area contributed by atoms with Crippen LogP contribution in [0.2, 0.25) is 5.02 Å². The summed E-state index contributed by atoms with van der Waals surface area (Å²) in [5, 5.41) is 3.08. The molecule has 0 N–H and O–H groups in total. The standard InChI is InChI=1S/C45H28ClN3S/c46-37-24-21-31(22-25-37)30-17-19-32(20-18-30)35-23-26-40-39(28-35)42-38(15-8-16-41(42)50-40)45-48-43(33-11-5-2-6-12-33)47-44(49-45)36-14-7-13-34(27-36)29-9-3-1-4-10-29/h1-28H. The molecule has 0 atom stereocenters. The van der Waals surface area contributed by atoms with Gasteiger partial charge < -0.3 is 0 Å². The SMILES string of the molecule is Clc1ccc(-c2ccc(-c3ccc4sc5cccc(-c6nc(-c7ccccc7)nc(-c7cccc(-c8ccccc8)c7)n6)c5c4c3)cc2)cc1. The molecular formula is C45H28ClN3S. The predicted molar refractivity (Wildman–Crippen MR) is 210 cm³/mol. The number of rotatable bonds is 6. The highest BCUT2D eigenvalue weighted by Gasteiger charge is 2.18. The van der Waals surface area contributed by atoms with Gasteiger partial charge in [0.25, 0.3) is 0 Å². The van der Waals surface area contributed by atoms with Gasteiger partial charge in [-0.15, -0.1) is 11.3 Å². The average Bonchev–Trinajstić information content (AvgIpc) is 3.57. The van der Waals surface area contributed by atoms with Crippen LogP contribution in [0.3, 0.4) is 0 Å². The Morgan fingerprint density at radius 1 is 0.360 bits per heavy atom. The molecule has 9 aromatic rings. The molecule has 0 unspecified atom stereocenters. The second-order valence-corrected chi connectivity index (χ2v) is 13.7. The minimum absolute atomic E-state index is 0.643. The summed E-state index contributed by atoms with van der Waals surface area (Å²) in [6, 6.07) is 58.8. The van der Waals surface area contributed by atoms with Gasteiger partial charge in [-0.25, -0.2) is 15.0 Å². The molecule has 0 radical (unpaired) electrons. The van der Waals surface area contributed by atoms with E-state index < -0.39 is 0 Å². The fraction of sp³-hybridized carbons (Fsp3) is 0. The van der Waals surface area contributed by atoms with E-state index in [0.29, 0.717) is 17.5 Å². The minimum atomic E-state index is 0.643. The molecule has 0 bridgehead atoms. The smallest absolute Gasteiger partial charge is 0.164 e. The van der Waals surface area contributed by atoms with Crippen molar-refractivity contribution in [1.82, 2.24) is 15.0 Å². The molecule has 0 spiro atoms. The quantitative estimate of drug-likeness (QED) is 0.176. The van der Waals surface area contributed by atoms with Gasteiger partial charge in [-0.2, -0.15) is 0 Å². The summed E-state index contributed by atoms with van der Waals surface area (Å²) < 4.78 is 2.42. The lowest BCUT2D eigenvalue weighted by molar-refractivity contribution is 1.08. The van der Waals surface area contributed by atoms with Crippen LogP contribution in [0.5, 0.6) is 0 Å². The van der Waals surface area contributed by atoms with Crippen LogP contribution in [-0.4, -0.2) is 15.0 Å². The van der Waals surface area contributed by atoms with Gasteiger partial charge in [0, 0.05) is 41.9 Å². The third-order valence-corrected chi connectivity index (χ3v) is 10.4. The lowest BCUT2D eigenvalue weighted by Gasteiger charge is -2.11. The first-order valence-electron chi connectivity index (χ1n) is 16.5. The Morgan fingerprint density at radius 3 is 1.58 bits per heavy atom. The van der Waals surface area contributed by atoms with Gasteiger partial charge >= 0.3 is 0 Å². The van der Waals surface area contributed by atoms with Crippen molar-refractivity contribution in [3.8, 4) is 67.5 Å². The molecule has 236 valence electrons. The zero-order valence-electron chi connectivity index (χ0n) is 26.8. The van der Waals surface area contributed by atoms with Crippen LogP contribution >= 0.6 is 22.9 Å². The van der Waals surface area contributed by atoms with Crippen molar-refractivity contribution in [2.45, 2.75) is 0 Å². The van der Waals surface area contributed by atoms with E-state index in [4.69, 9.17) is 26.6 Å². The molecule has 7 aromatic carbocycles. The van der Waals surface area contributed by atoms with Crippen LogP contribution in [0.1, 0.15) is 0 Å². The highest BCUT2D eigenvalue weighted by Crippen LogP contribution is 2.41. The Morgan fingerprint density at radius 2 is 0.860 bits per heavy atom. The maximum Gasteiger partial charge on any atom is 0.164 e. The monoisotopic (exact) mass is 677 g/mol. The third-order valence-electron chi connectivity index (χ3n) is 9.03. The van der Waals surface area contributed by atoms with E-state index in [1.807, 2.05) is 48.5 Å². The molecule has 0 saturated heterocycles. The molecule has 3 nitrogen and oxygen atoms in total. The van der Waals surface area contributed by atoms with Gasteiger partial charge in [0.15, 0.2) is 17.5 Å². The van der Waals surface area contributed by atoms with Gasteiger partial charge in [0.05, 0.1) is 0 Å². The van der Waals surface area contributed by atoms with E-state index in [2.05, 4.69) is 121 Å². The first kappa shape index (κ1) is 30.1. The Labute approximate surface area is 299 Å². The van der Waals surface area contributed by atoms with Crippen LogP contribution in [0.15, 0.2) is 170 Å². The summed E-state index contributed by atoms with van der Waals surface area (Å²) in [5.41, 5.74) is 9.77. The van der Waals surface area contributed by atoms with E-state index in [9.17, 15) is 0 Å². The first-order valence-corrected chi connectivity index (χ1v) is 17.7. The van der Waals surface area contributed by atoms with Gasteiger partial charge in [0.2, 0.25) is 0 Å². The van der Waals surface area contributed by atoms with Crippen molar-refractivity contribution >= 4 is 43.1 Å². The second kappa shape index (κ2) is 12.8. The molecule has 0 fully saturated rings. The molecule has 0 aliphatic rings. The molecule has 2 heterocycles. The number of hydrogen-bond donors (Lipinski definition) is 0. The van der Waals surface area contributed by atoms with E-state index >= 15 is 0 Å². The molecule has 2 aromatic heterocycles. The highest BCUT2D eigenvalue weighted by atomic mass is 35.5. The predicted octanol–water partition coefficient (Wildman–Crippen LogP) is 12.9. The average molecular weight is 678 g/mol. The van der Waals surface area contributed by atoms with Crippen LogP contribution in [0.4, 0.5) is 0 Å². The van der Waals surface area contributed by atoms with Gasteiger partial charge in [-0.05, 0) is 69.8 Å². The molecule has 0 saturated carbocycles. The topological polar surface area (TPSA) is 38.7 Å². The Balaban J connectivity index is 1.18. The number of halogens is 1. The summed E-state index contributed by atoms with van der Waals surface area (Å²) in [6.07, 6.45) is 0. The van der Waals surface area contributed by atoms with Crippen molar-refractivity contribution in [3.05, 3.63) is 175 Å². The Hall–Kier alpha value is -5.94. The van der Waals surface area contributed by atoms with E-state index in [1.54, 1.807) is 11.3 Å². The number of benzene rings is 7. The largest absolute Gasteiger partial charge is 0.208 e. The van der Waals surface area contributed by atoms with Crippen LogP contribution in [0, 0.1) is 0 Å². The zero-order chi connectivity index (χ0) is 33.4. The van der Waals surface area contributed by atoms with Crippen molar-refractivity contribution in [1.29, 1.82) is 0 Å². The van der Waals surface area contributed by atoms with Gasteiger partial charge in [0.1, 0.15) is 0 Å². The van der Waals surface area contributed by atoms with Crippen molar-refractivity contribution in [3.63, 3.8) is 0 Å². The summed E-state index contributed by atoms with van der Waals surface area (Å²) in [6.45, 7) is 0. The van der Waals surface area contributed by atoms with E-state index in [-0.39, 0.29) is 0 Å². The number of thiophene rings is 1. The van der Waals surface area contributed by atoms with E-state index in [1.165, 1.54) is 14.8 Å². The second-order valence-electron chi connectivity index (χ2n) is 12.2. The summed E-state index contributed by atoms with van der Waals surface area (Å²) in [4.78, 5) is 15.3. The summed E-state index contributed by atoms with van der Waals surface area (Å²) >= 11 is 7.92. The summed E-state index contributed by atoms with van der Waals surface area (Å²) in [7, 11) is 0. The minimum Gasteiger partial charge on any atom is -0.208 e. The Kier molecular flexibility index (Phi) is 7.73. The molecule has 5 heteroatoms. The molecular weight excluding hydrogens is 650 g/mol. The Bertz CT molecular complexity index is 2630.